The number of aldehydes is 1. The van der Waals surface area contributed by atoms with Crippen molar-refractivity contribution in [3.05, 3.63) is 35.9 Å². The van der Waals surface area contributed by atoms with E-state index in [1.165, 1.54) is 0 Å². The molecule has 86 valence electrons. The fourth-order valence-electron chi connectivity index (χ4n) is 1.37. The van der Waals surface area contributed by atoms with Crippen LogP contribution in [0.1, 0.15) is 36.5 Å². The Morgan fingerprint density at radius 1 is 1.38 bits per heavy atom. The van der Waals surface area contributed by atoms with E-state index in [-0.39, 0.29) is 12.1 Å². The molecular formula is C13H16O3. The molecule has 0 spiro atoms. The minimum Gasteiger partial charge on any atom is -0.459 e. The second-order valence-corrected chi connectivity index (χ2v) is 3.68. The van der Waals surface area contributed by atoms with Gasteiger partial charge in [0.15, 0.2) is 0 Å². The highest BCUT2D eigenvalue weighted by atomic mass is 16.5. The van der Waals surface area contributed by atoms with Crippen LogP contribution in [0, 0.1) is 0 Å². The van der Waals surface area contributed by atoms with Gasteiger partial charge >= 0.3 is 5.97 Å². The van der Waals surface area contributed by atoms with E-state index in [4.69, 9.17) is 4.74 Å². The van der Waals surface area contributed by atoms with E-state index in [1.54, 1.807) is 24.3 Å². The Morgan fingerprint density at radius 2 is 2.06 bits per heavy atom. The van der Waals surface area contributed by atoms with Crippen molar-refractivity contribution in [1.82, 2.24) is 0 Å². The number of esters is 1. The van der Waals surface area contributed by atoms with Crippen LogP contribution in [0.5, 0.6) is 0 Å². The molecule has 0 unspecified atom stereocenters. The van der Waals surface area contributed by atoms with Crippen LogP contribution in [0.4, 0.5) is 0 Å². The minimum absolute atomic E-state index is 0.146. The third-order valence-corrected chi connectivity index (χ3v) is 2.25. The van der Waals surface area contributed by atoms with E-state index >= 15 is 0 Å². The predicted octanol–water partition coefficient (Wildman–Crippen LogP) is 2.60. The lowest BCUT2D eigenvalue weighted by Gasteiger charge is -2.12. The van der Waals surface area contributed by atoms with Gasteiger partial charge in [0.2, 0.25) is 0 Å². The average Bonchev–Trinajstić information content (AvgIpc) is 2.30. The molecule has 1 aromatic rings. The number of carbonyl (C=O) groups is 2. The van der Waals surface area contributed by atoms with E-state index in [0.717, 1.165) is 19.1 Å². The second-order valence-electron chi connectivity index (χ2n) is 3.68. The fourth-order valence-corrected chi connectivity index (χ4v) is 1.37. The summed E-state index contributed by atoms with van der Waals surface area (Å²) < 4.78 is 5.23. The Kier molecular flexibility index (Phi) is 5.26. The van der Waals surface area contributed by atoms with Gasteiger partial charge in [0.25, 0.3) is 0 Å². The zero-order chi connectivity index (χ0) is 11.8. The molecule has 0 fully saturated rings. The van der Waals surface area contributed by atoms with Crippen LogP contribution in [0.15, 0.2) is 30.3 Å². The van der Waals surface area contributed by atoms with E-state index in [9.17, 15) is 9.59 Å². The molecule has 0 bridgehead atoms. The van der Waals surface area contributed by atoms with Crippen molar-refractivity contribution in [2.75, 3.05) is 0 Å². The number of hydrogen-bond donors (Lipinski definition) is 0. The smallest absolute Gasteiger partial charge is 0.338 e. The molecular weight excluding hydrogens is 204 g/mol. The number of benzene rings is 1. The quantitative estimate of drug-likeness (QED) is 0.420. The first-order valence-corrected chi connectivity index (χ1v) is 5.43. The molecule has 0 aliphatic heterocycles. The third-order valence-electron chi connectivity index (χ3n) is 2.25. The molecule has 0 saturated carbocycles. The summed E-state index contributed by atoms with van der Waals surface area (Å²) >= 11 is 0. The Morgan fingerprint density at radius 3 is 2.69 bits per heavy atom. The van der Waals surface area contributed by atoms with Crippen molar-refractivity contribution in [2.24, 2.45) is 0 Å². The zero-order valence-electron chi connectivity index (χ0n) is 9.39. The molecule has 0 aliphatic carbocycles. The molecule has 16 heavy (non-hydrogen) atoms. The maximum absolute atomic E-state index is 11.6. The van der Waals surface area contributed by atoms with Crippen molar-refractivity contribution in [3.63, 3.8) is 0 Å². The molecule has 0 N–H and O–H groups in total. The summed E-state index contributed by atoms with van der Waals surface area (Å²) in [5, 5.41) is 0. The number of unbranched alkanes of at least 4 members (excludes halogenated alkanes) is 1. The fraction of sp³-hybridized carbons (Fsp3) is 0.385. The Bertz CT molecular complexity index is 332. The molecule has 3 nitrogen and oxygen atoms in total. The lowest BCUT2D eigenvalue weighted by Crippen LogP contribution is -2.14. The van der Waals surface area contributed by atoms with Gasteiger partial charge in [-0.2, -0.15) is 0 Å². The molecule has 0 aliphatic rings. The van der Waals surface area contributed by atoms with Gasteiger partial charge in [0.05, 0.1) is 11.7 Å². The SMILES string of the molecule is C[C@@H](CCCC=O)OC(=O)c1ccccc1. The van der Waals surface area contributed by atoms with Crippen LogP contribution in [-0.2, 0) is 9.53 Å². The van der Waals surface area contributed by atoms with Gasteiger partial charge in [-0.1, -0.05) is 18.2 Å². The number of carbonyl (C=O) groups excluding carboxylic acids is 2. The number of rotatable bonds is 6. The molecule has 1 aromatic carbocycles. The minimum atomic E-state index is -0.306. The lowest BCUT2D eigenvalue weighted by atomic mass is 10.2. The van der Waals surface area contributed by atoms with E-state index in [0.29, 0.717) is 12.0 Å². The van der Waals surface area contributed by atoms with Crippen molar-refractivity contribution >= 4 is 12.3 Å². The molecule has 0 saturated heterocycles. The largest absolute Gasteiger partial charge is 0.459 e. The second kappa shape index (κ2) is 6.77. The first-order chi connectivity index (χ1) is 7.74. The number of hydrogen-bond acceptors (Lipinski definition) is 3. The normalized spacial score (nSPS) is 11.8. The Labute approximate surface area is 95.4 Å². The molecule has 1 atom stereocenters. The summed E-state index contributed by atoms with van der Waals surface area (Å²) in [4.78, 5) is 21.7. The summed E-state index contributed by atoms with van der Waals surface area (Å²) in [6.45, 7) is 1.84. The molecule has 0 heterocycles. The van der Waals surface area contributed by atoms with Gasteiger partial charge in [-0.05, 0) is 31.9 Å². The van der Waals surface area contributed by atoms with E-state index < -0.39 is 0 Å². The standard InChI is InChI=1S/C13H16O3/c1-11(7-5-6-10-14)16-13(15)12-8-3-2-4-9-12/h2-4,8-11H,5-7H2,1H3/t11-/m0/s1. The van der Waals surface area contributed by atoms with Gasteiger partial charge in [0.1, 0.15) is 6.29 Å². The van der Waals surface area contributed by atoms with Gasteiger partial charge in [0, 0.05) is 6.42 Å². The first kappa shape index (κ1) is 12.4. The van der Waals surface area contributed by atoms with Gasteiger partial charge < -0.3 is 9.53 Å². The molecule has 0 aromatic heterocycles. The summed E-state index contributed by atoms with van der Waals surface area (Å²) in [6.07, 6.45) is 2.73. The van der Waals surface area contributed by atoms with Crippen LogP contribution in [0.25, 0.3) is 0 Å². The van der Waals surface area contributed by atoms with Crippen molar-refractivity contribution in [3.8, 4) is 0 Å². The van der Waals surface area contributed by atoms with Gasteiger partial charge in [-0.3, -0.25) is 0 Å². The van der Waals surface area contributed by atoms with Crippen molar-refractivity contribution < 1.29 is 14.3 Å². The summed E-state index contributed by atoms with van der Waals surface area (Å²) in [5.41, 5.74) is 0.560. The van der Waals surface area contributed by atoms with E-state index in [1.807, 2.05) is 13.0 Å². The molecule has 0 radical (unpaired) electrons. The zero-order valence-corrected chi connectivity index (χ0v) is 9.39. The van der Waals surface area contributed by atoms with Crippen LogP contribution in [0.2, 0.25) is 0 Å². The summed E-state index contributed by atoms with van der Waals surface area (Å²) in [7, 11) is 0. The molecule has 3 heteroatoms. The van der Waals surface area contributed by atoms with Gasteiger partial charge in [-0.15, -0.1) is 0 Å². The van der Waals surface area contributed by atoms with Crippen molar-refractivity contribution in [2.45, 2.75) is 32.3 Å². The maximum Gasteiger partial charge on any atom is 0.338 e. The van der Waals surface area contributed by atoms with Crippen LogP contribution in [0.3, 0.4) is 0 Å². The third kappa shape index (κ3) is 4.26. The highest BCUT2D eigenvalue weighted by Crippen LogP contribution is 2.08. The average molecular weight is 220 g/mol. The maximum atomic E-state index is 11.6. The lowest BCUT2D eigenvalue weighted by molar-refractivity contribution is -0.108. The monoisotopic (exact) mass is 220 g/mol. The summed E-state index contributed by atoms with van der Waals surface area (Å²) in [6, 6.07) is 8.90. The van der Waals surface area contributed by atoms with Crippen LogP contribution < -0.4 is 0 Å². The van der Waals surface area contributed by atoms with Gasteiger partial charge in [-0.25, -0.2) is 4.79 Å². The summed E-state index contributed by atoms with van der Waals surface area (Å²) in [5.74, 6) is -0.306. The van der Waals surface area contributed by atoms with E-state index in [2.05, 4.69) is 0 Å². The number of ether oxygens (including phenoxy) is 1. The Hall–Kier alpha value is -1.64. The topological polar surface area (TPSA) is 43.4 Å². The predicted molar refractivity (Wildman–Crippen MR) is 61.2 cm³/mol. The van der Waals surface area contributed by atoms with Crippen LogP contribution >= 0.6 is 0 Å². The molecule has 1 rings (SSSR count). The van der Waals surface area contributed by atoms with Crippen molar-refractivity contribution in [1.29, 1.82) is 0 Å². The Balaban J connectivity index is 2.37. The van der Waals surface area contributed by atoms with Crippen LogP contribution in [-0.4, -0.2) is 18.4 Å². The molecule has 0 amide bonds. The first-order valence-electron chi connectivity index (χ1n) is 5.43. The highest BCUT2D eigenvalue weighted by Gasteiger charge is 2.10. The highest BCUT2D eigenvalue weighted by molar-refractivity contribution is 5.89.